The van der Waals surface area contributed by atoms with Gasteiger partial charge in [-0.1, -0.05) is 54.4 Å². The fraction of sp³-hybridized carbons (Fsp3) is 0.241. The molecule has 1 aliphatic heterocycles. The van der Waals surface area contributed by atoms with E-state index in [4.69, 9.17) is 9.72 Å². The third-order valence-corrected chi connectivity index (χ3v) is 6.44. The molecule has 2 heterocycles. The van der Waals surface area contributed by atoms with Gasteiger partial charge in [0.15, 0.2) is 0 Å². The van der Waals surface area contributed by atoms with Crippen LogP contribution in [0, 0.1) is 6.92 Å². The van der Waals surface area contributed by atoms with Gasteiger partial charge in [-0.3, -0.25) is 14.2 Å². The number of hydrogen-bond acceptors (Lipinski definition) is 5. The molecule has 0 bridgehead atoms. The highest BCUT2D eigenvalue weighted by atomic mass is 16.5. The van der Waals surface area contributed by atoms with Gasteiger partial charge in [-0.05, 0) is 50.1 Å². The Labute approximate surface area is 208 Å². The number of esters is 1. The van der Waals surface area contributed by atoms with E-state index in [2.05, 4.69) is 5.32 Å². The smallest absolute Gasteiger partial charge is 0.339 e. The molecule has 0 aliphatic carbocycles. The number of carbonyl (C=O) groups excluding carboxylic acids is 2. The van der Waals surface area contributed by atoms with E-state index in [9.17, 15) is 14.4 Å². The molecule has 0 saturated heterocycles. The number of anilines is 1. The monoisotopic (exact) mass is 481 g/mol. The Hall–Kier alpha value is -4.26. The molecule has 1 amide bonds. The molecule has 1 atom stereocenters. The van der Waals surface area contributed by atoms with Crippen LogP contribution in [0.4, 0.5) is 5.69 Å². The maximum atomic E-state index is 13.2. The van der Waals surface area contributed by atoms with E-state index in [0.717, 1.165) is 37.1 Å². The predicted molar refractivity (Wildman–Crippen MR) is 138 cm³/mol. The second kappa shape index (κ2) is 10.2. The maximum absolute atomic E-state index is 13.2. The Kier molecular flexibility index (Phi) is 6.62. The van der Waals surface area contributed by atoms with Gasteiger partial charge in [-0.2, -0.15) is 0 Å². The molecule has 3 aromatic carbocycles. The zero-order chi connectivity index (χ0) is 25.1. The molecule has 4 aromatic rings. The van der Waals surface area contributed by atoms with Crippen molar-refractivity contribution in [3.8, 4) is 0 Å². The SMILES string of the molecule is Cc1ccc(NC(=O)C(OC(=O)c2ccc3c(=O)n4c(nc3c2)CCCCC4)c2ccccc2)cc1. The second-order valence-electron chi connectivity index (χ2n) is 9.08. The lowest BCUT2D eigenvalue weighted by Crippen LogP contribution is -2.26. The van der Waals surface area contributed by atoms with Crippen LogP contribution in [0.2, 0.25) is 0 Å². The molecule has 1 N–H and O–H groups in total. The Morgan fingerprint density at radius 1 is 0.972 bits per heavy atom. The topological polar surface area (TPSA) is 90.3 Å². The van der Waals surface area contributed by atoms with Crippen LogP contribution >= 0.6 is 0 Å². The van der Waals surface area contributed by atoms with Crippen LogP contribution in [0.25, 0.3) is 10.9 Å². The molecule has 1 unspecified atom stereocenters. The first-order valence-electron chi connectivity index (χ1n) is 12.2. The molecule has 1 aliphatic rings. The van der Waals surface area contributed by atoms with Crippen LogP contribution in [0.1, 0.15) is 52.7 Å². The lowest BCUT2D eigenvalue weighted by atomic mass is 10.1. The van der Waals surface area contributed by atoms with Gasteiger partial charge in [0.25, 0.3) is 11.5 Å². The Balaban J connectivity index is 1.44. The van der Waals surface area contributed by atoms with Crippen molar-refractivity contribution >= 4 is 28.5 Å². The summed E-state index contributed by atoms with van der Waals surface area (Å²) in [4.78, 5) is 44.1. The number of carbonyl (C=O) groups is 2. The predicted octanol–water partition coefficient (Wildman–Crippen LogP) is 4.97. The van der Waals surface area contributed by atoms with Gasteiger partial charge in [-0.15, -0.1) is 0 Å². The number of nitrogens with zero attached hydrogens (tertiary/aromatic N) is 2. The molecule has 182 valence electrons. The summed E-state index contributed by atoms with van der Waals surface area (Å²) in [7, 11) is 0. The number of aryl methyl sites for hydroxylation is 2. The van der Waals surface area contributed by atoms with Crippen molar-refractivity contribution in [2.45, 2.75) is 45.3 Å². The minimum absolute atomic E-state index is 0.0866. The van der Waals surface area contributed by atoms with Crippen molar-refractivity contribution in [3.05, 3.63) is 106 Å². The van der Waals surface area contributed by atoms with Crippen molar-refractivity contribution in [2.24, 2.45) is 0 Å². The molecule has 1 aromatic heterocycles. The summed E-state index contributed by atoms with van der Waals surface area (Å²) in [5.41, 5.74) is 2.84. The van der Waals surface area contributed by atoms with E-state index in [-0.39, 0.29) is 11.1 Å². The van der Waals surface area contributed by atoms with Crippen molar-refractivity contribution in [1.82, 2.24) is 9.55 Å². The normalized spacial score (nSPS) is 13.9. The van der Waals surface area contributed by atoms with Crippen LogP contribution in [-0.2, 0) is 22.5 Å². The van der Waals surface area contributed by atoms with Gasteiger partial charge in [0.1, 0.15) is 5.82 Å². The first-order valence-corrected chi connectivity index (χ1v) is 12.2. The summed E-state index contributed by atoms with van der Waals surface area (Å²) in [6, 6.07) is 21.0. The molecular formula is C29H27N3O4. The Morgan fingerprint density at radius 2 is 1.75 bits per heavy atom. The lowest BCUT2D eigenvalue weighted by molar-refractivity contribution is -0.125. The molecule has 0 fully saturated rings. The second-order valence-corrected chi connectivity index (χ2v) is 9.08. The van der Waals surface area contributed by atoms with Crippen LogP contribution in [0.3, 0.4) is 0 Å². The average molecular weight is 482 g/mol. The first-order chi connectivity index (χ1) is 17.5. The summed E-state index contributed by atoms with van der Waals surface area (Å²) in [5.74, 6) is -0.377. The molecular weight excluding hydrogens is 454 g/mol. The number of ether oxygens (including phenoxy) is 1. The molecule has 0 spiro atoms. The van der Waals surface area contributed by atoms with E-state index in [1.807, 2.05) is 25.1 Å². The number of rotatable bonds is 5. The minimum Gasteiger partial charge on any atom is -0.444 e. The Morgan fingerprint density at radius 3 is 2.53 bits per heavy atom. The molecule has 7 heteroatoms. The van der Waals surface area contributed by atoms with Crippen molar-refractivity contribution in [3.63, 3.8) is 0 Å². The number of aromatic nitrogens is 2. The molecule has 0 radical (unpaired) electrons. The zero-order valence-electron chi connectivity index (χ0n) is 20.1. The number of fused-ring (bicyclic) bond motifs is 2. The number of hydrogen-bond donors (Lipinski definition) is 1. The lowest BCUT2D eigenvalue weighted by Gasteiger charge is -2.18. The molecule has 36 heavy (non-hydrogen) atoms. The molecule has 0 saturated carbocycles. The first kappa shape index (κ1) is 23.5. The van der Waals surface area contributed by atoms with E-state index in [1.54, 1.807) is 59.2 Å². The highest BCUT2D eigenvalue weighted by molar-refractivity contribution is 5.99. The quantitative estimate of drug-likeness (QED) is 0.407. The summed E-state index contributed by atoms with van der Waals surface area (Å²) < 4.78 is 7.47. The number of nitrogens with one attached hydrogen (secondary N) is 1. The third kappa shape index (κ3) is 4.91. The summed E-state index contributed by atoms with van der Waals surface area (Å²) in [5, 5.41) is 3.30. The van der Waals surface area contributed by atoms with Gasteiger partial charge in [0, 0.05) is 24.2 Å². The fourth-order valence-corrected chi connectivity index (χ4v) is 4.47. The average Bonchev–Trinajstić information content (AvgIpc) is 3.14. The van der Waals surface area contributed by atoms with Crippen molar-refractivity contribution in [2.75, 3.05) is 5.32 Å². The number of benzene rings is 3. The molecule has 7 nitrogen and oxygen atoms in total. The van der Waals surface area contributed by atoms with Crippen LogP contribution in [0.15, 0.2) is 77.6 Å². The van der Waals surface area contributed by atoms with Crippen molar-refractivity contribution in [1.29, 1.82) is 0 Å². The highest BCUT2D eigenvalue weighted by Crippen LogP contribution is 2.23. The summed E-state index contributed by atoms with van der Waals surface area (Å²) in [6.45, 7) is 2.63. The van der Waals surface area contributed by atoms with Gasteiger partial charge in [0.05, 0.1) is 16.5 Å². The van der Waals surface area contributed by atoms with Gasteiger partial charge >= 0.3 is 5.97 Å². The van der Waals surface area contributed by atoms with Gasteiger partial charge in [-0.25, -0.2) is 9.78 Å². The van der Waals surface area contributed by atoms with E-state index < -0.39 is 18.0 Å². The van der Waals surface area contributed by atoms with Gasteiger partial charge < -0.3 is 10.1 Å². The zero-order valence-corrected chi connectivity index (χ0v) is 20.1. The Bertz CT molecular complexity index is 1480. The summed E-state index contributed by atoms with van der Waals surface area (Å²) in [6.07, 6.45) is 2.57. The van der Waals surface area contributed by atoms with Crippen LogP contribution < -0.4 is 10.9 Å². The van der Waals surface area contributed by atoms with Gasteiger partial charge in [0.2, 0.25) is 6.10 Å². The van der Waals surface area contributed by atoms with Crippen LogP contribution in [0.5, 0.6) is 0 Å². The molecule has 5 rings (SSSR count). The summed E-state index contributed by atoms with van der Waals surface area (Å²) >= 11 is 0. The standard InChI is InChI=1S/C29H27N3O4/c1-19-11-14-22(15-12-19)30-27(33)26(20-8-4-2-5-9-20)36-29(35)21-13-16-23-24(18-21)31-25-10-6-3-7-17-32(25)28(23)34/h2,4-5,8-9,11-16,18,26H,3,6-7,10,17H2,1H3,(H,30,33). The van der Waals surface area contributed by atoms with E-state index in [0.29, 0.717) is 28.7 Å². The maximum Gasteiger partial charge on any atom is 0.339 e. The van der Waals surface area contributed by atoms with Crippen LogP contribution in [-0.4, -0.2) is 21.4 Å². The fourth-order valence-electron chi connectivity index (χ4n) is 4.47. The van der Waals surface area contributed by atoms with E-state index >= 15 is 0 Å². The largest absolute Gasteiger partial charge is 0.444 e. The minimum atomic E-state index is -1.15. The van der Waals surface area contributed by atoms with E-state index in [1.165, 1.54) is 0 Å². The van der Waals surface area contributed by atoms with Crippen molar-refractivity contribution < 1.29 is 14.3 Å². The third-order valence-electron chi connectivity index (χ3n) is 6.44. The number of amides is 1. The highest BCUT2D eigenvalue weighted by Gasteiger charge is 2.26.